The van der Waals surface area contributed by atoms with E-state index in [4.69, 9.17) is 0 Å². The number of hydrogen-bond donors (Lipinski definition) is 1. The van der Waals surface area contributed by atoms with Crippen LogP contribution in [-0.2, 0) is 0 Å². The molecule has 0 aliphatic carbocycles. The number of likely N-dealkylation sites (tertiary alicyclic amines) is 1. The highest BCUT2D eigenvalue weighted by atomic mass is 15.2. The van der Waals surface area contributed by atoms with Gasteiger partial charge < -0.3 is 5.32 Å². The van der Waals surface area contributed by atoms with Crippen molar-refractivity contribution < 1.29 is 0 Å². The second-order valence-electron chi connectivity index (χ2n) is 4.72. The summed E-state index contributed by atoms with van der Waals surface area (Å²) in [6.45, 7) is 7.22. The highest BCUT2D eigenvalue weighted by Crippen LogP contribution is 2.28. The van der Waals surface area contributed by atoms with Gasteiger partial charge in [0.15, 0.2) is 0 Å². The molecule has 2 aliphatic heterocycles. The van der Waals surface area contributed by atoms with E-state index in [0.29, 0.717) is 0 Å². The molecule has 0 radical (unpaired) electrons. The standard InChI is InChI=1S/C11H22N2/c1-9-5-6-10(2)13(9)11-4-3-7-12-8-11/h9-12H,3-8H2,1-2H3/t9-,10+,11-/m0/s1. The number of nitrogens with one attached hydrogen (secondary N) is 1. The Kier molecular flexibility index (Phi) is 2.89. The lowest BCUT2D eigenvalue weighted by atomic mass is 10.0. The molecule has 3 atom stereocenters. The van der Waals surface area contributed by atoms with Crippen molar-refractivity contribution in [3.63, 3.8) is 0 Å². The van der Waals surface area contributed by atoms with Crippen molar-refractivity contribution in [2.45, 2.75) is 57.7 Å². The largest absolute Gasteiger partial charge is 0.315 e. The van der Waals surface area contributed by atoms with Crippen LogP contribution < -0.4 is 5.32 Å². The van der Waals surface area contributed by atoms with Gasteiger partial charge in [-0.3, -0.25) is 4.90 Å². The molecule has 0 unspecified atom stereocenters. The Bertz CT molecular complexity index is 153. The molecule has 1 N–H and O–H groups in total. The van der Waals surface area contributed by atoms with Crippen LogP contribution in [0.4, 0.5) is 0 Å². The van der Waals surface area contributed by atoms with Gasteiger partial charge in [-0.05, 0) is 46.1 Å². The Balaban J connectivity index is 1.96. The topological polar surface area (TPSA) is 15.3 Å². The van der Waals surface area contributed by atoms with Crippen LogP contribution in [0.15, 0.2) is 0 Å². The van der Waals surface area contributed by atoms with Gasteiger partial charge in [0.2, 0.25) is 0 Å². The molecule has 0 bridgehead atoms. The fourth-order valence-electron chi connectivity index (χ4n) is 3.02. The average Bonchev–Trinajstić information content (AvgIpc) is 2.48. The van der Waals surface area contributed by atoms with Crippen LogP contribution in [0.3, 0.4) is 0 Å². The summed E-state index contributed by atoms with van der Waals surface area (Å²) in [4.78, 5) is 2.74. The molecular formula is C11H22N2. The zero-order valence-electron chi connectivity index (χ0n) is 8.92. The van der Waals surface area contributed by atoms with Crippen LogP contribution >= 0.6 is 0 Å². The van der Waals surface area contributed by atoms with Crippen LogP contribution in [-0.4, -0.2) is 36.1 Å². The molecule has 13 heavy (non-hydrogen) atoms. The predicted molar refractivity (Wildman–Crippen MR) is 55.9 cm³/mol. The minimum atomic E-state index is 0.819. The summed E-state index contributed by atoms with van der Waals surface area (Å²) in [5, 5.41) is 3.51. The fourth-order valence-corrected chi connectivity index (χ4v) is 3.02. The van der Waals surface area contributed by atoms with E-state index < -0.39 is 0 Å². The third-order valence-corrected chi connectivity index (χ3v) is 3.71. The molecule has 2 saturated heterocycles. The molecular weight excluding hydrogens is 160 g/mol. The minimum Gasteiger partial charge on any atom is -0.315 e. The monoisotopic (exact) mass is 182 g/mol. The van der Waals surface area contributed by atoms with Crippen molar-refractivity contribution in [3.8, 4) is 0 Å². The number of rotatable bonds is 1. The first kappa shape index (κ1) is 9.47. The zero-order valence-corrected chi connectivity index (χ0v) is 8.92. The third kappa shape index (κ3) is 1.89. The molecule has 76 valence electrons. The molecule has 2 nitrogen and oxygen atoms in total. The smallest absolute Gasteiger partial charge is 0.0226 e. The van der Waals surface area contributed by atoms with Gasteiger partial charge in [-0.25, -0.2) is 0 Å². The number of hydrogen-bond acceptors (Lipinski definition) is 2. The van der Waals surface area contributed by atoms with E-state index in [1.54, 1.807) is 0 Å². The molecule has 0 aromatic carbocycles. The molecule has 2 rings (SSSR count). The molecule has 0 amide bonds. The van der Waals surface area contributed by atoms with Gasteiger partial charge in [-0.2, -0.15) is 0 Å². The molecule has 0 aromatic heterocycles. The van der Waals surface area contributed by atoms with E-state index in [-0.39, 0.29) is 0 Å². The van der Waals surface area contributed by atoms with Crippen molar-refractivity contribution in [2.24, 2.45) is 0 Å². The fraction of sp³-hybridized carbons (Fsp3) is 1.00. The van der Waals surface area contributed by atoms with Crippen LogP contribution in [0.1, 0.15) is 39.5 Å². The Morgan fingerprint density at radius 2 is 1.77 bits per heavy atom. The first-order valence-electron chi connectivity index (χ1n) is 5.77. The average molecular weight is 182 g/mol. The Hall–Kier alpha value is -0.0800. The molecule has 0 spiro atoms. The van der Waals surface area contributed by atoms with Gasteiger partial charge >= 0.3 is 0 Å². The van der Waals surface area contributed by atoms with Gasteiger partial charge in [0.05, 0.1) is 0 Å². The van der Waals surface area contributed by atoms with Crippen molar-refractivity contribution in [2.75, 3.05) is 13.1 Å². The molecule has 0 aromatic rings. The van der Waals surface area contributed by atoms with Gasteiger partial charge in [0.25, 0.3) is 0 Å². The quantitative estimate of drug-likeness (QED) is 0.663. The van der Waals surface area contributed by atoms with Crippen LogP contribution in [0, 0.1) is 0 Å². The maximum atomic E-state index is 3.51. The van der Waals surface area contributed by atoms with E-state index in [2.05, 4.69) is 24.1 Å². The Labute approximate surface area is 81.7 Å². The number of nitrogens with zero attached hydrogens (tertiary/aromatic N) is 1. The summed E-state index contributed by atoms with van der Waals surface area (Å²) >= 11 is 0. The molecule has 2 heterocycles. The van der Waals surface area contributed by atoms with Crippen molar-refractivity contribution in [1.82, 2.24) is 10.2 Å². The lowest BCUT2D eigenvalue weighted by Gasteiger charge is -2.37. The summed E-state index contributed by atoms with van der Waals surface area (Å²) in [7, 11) is 0. The Morgan fingerprint density at radius 3 is 2.31 bits per heavy atom. The lowest BCUT2D eigenvalue weighted by molar-refractivity contribution is 0.122. The summed E-state index contributed by atoms with van der Waals surface area (Å²) in [5.74, 6) is 0. The third-order valence-electron chi connectivity index (χ3n) is 3.71. The summed E-state index contributed by atoms with van der Waals surface area (Å²) in [6.07, 6.45) is 5.57. The van der Waals surface area contributed by atoms with Crippen molar-refractivity contribution in [3.05, 3.63) is 0 Å². The van der Waals surface area contributed by atoms with Crippen LogP contribution in [0.25, 0.3) is 0 Å². The van der Waals surface area contributed by atoms with Gasteiger partial charge in [0, 0.05) is 24.7 Å². The van der Waals surface area contributed by atoms with Crippen molar-refractivity contribution >= 4 is 0 Å². The van der Waals surface area contributed by atoms with Gasteiger partial charge in [-0.15, -0.1) is 0 Å². The highest BCUT2D eigenvalue weighted by Gasteiger charge is 2.33. The zero-order chi connectivity index (χ0) is 9.26. The van der Waals surface area contributed by atoms with Gasteiger partial charge in [-0.1, -0.05) is 0 Å². The van der Waals surface area contributed by atoms with E-state index >= 15 is 0 Å². The van der Waals surface area contributed by atoms with E-state index in [0.717, 1.165) is 18.1 Å². The van der Waals surface area contributed by atoms with Crippen LogP contribution in [0.2, 0.25) is 0 Å². The lowest BCUT2D eigenvalue weighted by Crippen LogP contribution is -2.49. The first-order valence-corrected chi connectivity index (χ1v) is 5.77. The maximum Gasteiger partial charge on any atom is 0.0226 e. The highest BCUT2D eigenvalue weighted by molar-refractivity contribution is 4.90. The normalized spacial score (nSPS) is 42.5. The minimum absolute atomic E-state index is 0.819. The summed E-state index contributed by atoms with van der Waals surface area (Å²) < 4.78 is 0. The second-order valence-corrected chi connectivity index (χ2v) is 4.72. The first-order chi connectivity index (χ1) is 6.29. The van der Waals surface area contributed by atoms with E-state index in [1.165, 1.54) is 38.8 Å². The molecule has 2 fully saturated rings. The van der Waals surface area contributed by atoms with Gasteiger partial charge in [0.1, 0.15) is 0 Å². The Morgan fingerprint density at radius 1 is 1.08 bits per heavy atom. The van der Waals surface area contributed by atoms with E-state index in [9.17, 15) is 0 Å². The second kappa shape index (κ2) is 3.97. The molecule has 0 saturated carbocycles. The van der Waals surface area contributed by atoms with Crippen LogP contribution in [0.5, 0.6) is 0 Å². The predicted octanol–water partition coefficient (Wildman–Crippen LogP) is 1.61. The molecule has 2 heteroatoms. The maximum absolute atomic E-state index is 3.51. The van der Waals surface area contributed by atoms with Crippen molar-refractivity contribution in [1.29, 1.82) is 0 Å². The SMILES string of the molecule is C[C@@H]1CC[C@H](C)N1[C@H]1CCCNC1. The molecule has 2 aliphatic rings. The summed E-state index contributed by atoms with van der Waals surface area (Å²) in [5.41, 5.74) is 0. The number of piperidine rings is 1. The van der Waals surface area contributed by atoms with E-state index in [1.807, 2.05) is 0 Å². The summed E-state index contributed by atoms with van der Waals surface area (Å²) in [6, 6.07) is 2.46.